The average Bonchev–Trinajstić information content (AvgIpc) is 2.62. The number of urea groups is 1. The quantitative estimate of drug-likeness (QED) is 0.821. The number of hydrogen-bond acceptors (Lipinski definition) is 2. The predicted octanol–water partition coefficient (Wildman–Crippen LogP) is 4.84. The first-order valence-electron chi connectivity index (χ1n) is 8.90. The molecule has 0 aliphatic carbocycles. The maximum Gasteiger partial charge on any atom is 0.319 e. The van der Waals surface area contributed by atoms with E-state index in [4.69, 9.17) is 0 Å². The number of piperidine rings is 1. The lowest BCUT2D eigenvalue weighted by Crippen LogP contribution is -2.32. The van der Waals surface area contributed by atoms with E-state index in [-0.39, 0.29) is 5.56 Å². The normalized spacial score (nSPS) is 15.4. The van der Waals surface area contributed by atoms with Crippen molar-refractivity contribution in [1.82, 2.24) is 5.32 Å². The van der Waals surface area contributed by atoms with Gasteiger partial charge in [-0.25, -0.2) is 13.6 Å². The summed E-state index contributed by atoms with van der Waals surface area (Å²) in [7, 11) is 0. The van der Waals surface area contributed by atoms with Crippen molar-refractivity contribution in [2.45, 2.75) is 32.2 Å². The van der Waals surface area contributed by atoms with Gasteiger partial charge in [0.15, 0.2) is 0 Å². The molecule has 1 unspecified atom stereocenters. The molecule has 4 nitrogen and oxygen atoms in total. The van der Waals surface area contributed by atoms with Gasteiger partial charge in [-0.1, -0.05) is 12.1 Å². The maximum atomic E-state index is 13.8. The molecule has 2 N–H and O–H groups in total. The second-order valence-electron chi connectivity index (χ2n) is 6.58. The minimum atomic E-state index is -0.676. The fourth-order valence-electron chi connectivity index (χ4n) is 3.23. The van der Waals surface area contributed by atoms with E-state index in [0.717, 1.165) is 24.8 Å². The second kappa shape index (κ2) is 8.17. The van der Waals surface area contributed by atoms with Crippen LogP contribution < -0.4 is 15.5 Å². The Morgan fingerprint density at radius 1 is 1.08 bits per heavy atom. The molecular weight excluding hydrogens is 336 g/mol. The van der Waals surface area contributed by atoms with Gasteiger partial charge in [-0.2, -0.15) is 0 Å². The highest BCUT2D eigenvalue weighted by Gasteiger charge is 2.15. The lowest BCUT2D eigenvalue weighted by molar-refractivity contribution is 0.249. The van der Waals surface area contributed by atoms with Crippen molar-refractivity contribution in [3.05, 3.63) is 59.7 Å². The second-order valence-corrected chi connectivity index (χ2v) is 6.58. The molecule has 2 aromatic rings. The lowest BCUT2D eigenvalue weighted by atomic mass is 10.1. The van der Waals surface area contributed by atoms with Crippen LogP contribution in [0.4, 0.5) is 25.0 Å². The molecule has 1 atom stereocenters. The number of halogens is 2. The minimum absolute atomic E-state index is 0.239. The van der Waals surface area contributed by atoms with Gasteiger partial charge < -0.3 is 15.5 Å². The largest absolute Gasteiger partial charge is 0.371 e. The fourth-order valence-corrected chi connectivity index (χ4v) is 3.23. The Hall–Kier alpha value is -2.63. The highest BCUT2D eigenvalue weighted by molar-refractivity contribution is 5.90. The summed E-state index contributed by atoms with van der Waals surface area (Å²) in [4.78, 5) is 14.5. The van der Waals surface area contributed by atoms with Gasteiger partial charge in [-0.15, -0.1) is 0 Å². The average molecular weight is 359 g/mol. The van der Waals surface area contributed by atoms with Crippen LogP contribution in [0, 0.1) is 11.6 Å². The summed E-state index contributed by atoms with van der Waals surface area (Å²) in [6, 6.07) is 10.0. The molecule has 1 aliphatic heterocycles. The summed E-state index contributed by atoms with van der Waals surface area (Å²) < 4.78 is 26.8. The molecule has 0 saturated carbocycles. The summed E-state index contributed by atoms with van der Waals surface area (Å²) >= 11 is 0. The molecule has 2 aromatic carbocycles. The number of nitrogens with one attached hydrogen (secondary N) is 2. The Kier molecular flexibility index (Phi) is 5.71. The van der Waals surface area contributed by atoms with Crippen LogP contribution in [-0.2, 0) is 0 Å². The molecule has 0 radical (unpaired) electrons. The van der Waals surface area contributed by atoms with Gasteiger partial charge in [0.1, 0.15) is 11.6 Å². The first kappa shape index (κ1) is 18.2. The zero-order valence-corrected chi connectivity index (χ0v) is 14.8. The molecule has 0 aromatic heterocycles. The number of amides is 2. The number of carbonyl (C=O) groups excluding carboxylic acids is 1. The molecule has 1 aliphatic rings. The van der Waals surface area contributed by atoms with Gasteiger partial charge in [0.05, 0.1) is 6.04 Å². The van der Waals surface area contributed by atoms with E-state index in [1.54, 1.807) is 6.92 Å². The molecule has 138 valence electrons. The van der Waals surface area contributed by atoms with Gasteiger partial charge in [-0.3, -0.25) is 0 Å². The summed E-state index contributed by atoms with van der Waals surface area (Å²) in [5.41, 5.74) is 2.00. The van der Waals surface area contributed by atoms with Gasteiger partial charge in [0.25, 0.3) is 0 Å². The molecular formula is C20H23F2N3O. The summed E-state index contributed by atoms with van der Waals surface area (Å²) in [6.07, 6.45) is 3.62. The lowest BCUT2D eigenvalue weighted by Gasteiger charge is -2.29. The van der Waals surface area contributed by atoms with Crippen LogP contribution in [0.15, 0.2) is 42.5 Å². The van der Waals surface area contributed by atoms with E-state index >= 15 is 0 Å². The van der Waals surface area contributed by atoms with Crippen molar-refractivity contribution < 1.29 is 13.6 Å². The van der Waals surface area contributed by atoms with Crippen LogP contribution in [0.2, 0.25) is 0 Å². The maximum absolute atomic E-state index is 13.8. The van der Waals surface area contributed by atoms with Crippen molar-refractivity contribution >= 4 is 17.4 Å². The standard InChI is InChI=1S/C20H23F2N3O/c1-14(18-9-8-15(21)12-19(18)22)23-20(26)24-16-6-5-7-17(13-16)25-10-3-2-4-11-25/h5-9,12-14H,2-4,10-11H2,1H3,(H2,23,24,26). The number of rotatable bonds is 4. The van der Waals surface area contributed by atoms with Crippen molar-refractivity contribution in [3.63, 3.8) is 0 Å². The Morgan fingerprint density at radius 2 is 1.85 bits per heavy atom. The van der Waals surface area contributed by atoms with Crippen molar-refractivity contribution in [3.8, 4) is 0 Å². The van der Waals surface area contributed by atoms with Gasteiger partial charge in [-0.05, 0) is 50.5 Å². The zero-order valence-electron chi connectivity index (χ0n) is 14.8. The van der Waals surface area contributed by atoms with Crippen LogP contribution in [0.5, 0.6) is 0 Å². The molecule has 2 amide bonds. The number of anilines is 2. The zero-order chi connectivity index (χ0) is 18.5. The third kappa shape index (κ3) is 4.50. The van der Waals surface area contributed by atoms with Crippen molar-refractivity contribution in [1.29, 1.82) is 0 Å². The fraction of sp³-hybridized carbons (Fsp3) is 0.350. The van der Waals surface area contributed by atoms with E-state index in [0.29, 0.717) is 5.69 Å². The Balaban J connectivity index is 1.62. The highest BCUT2D eigenvalue weighted by Crippen LogP contribution is 2.23. The van der Waals surface area contributed by atoms with E-state index in [2.05, 4.69) is 15.5 Å². The van der Waals surface area contributed by atoms with Crippen molar-refractivity contribution in [2.75, 3.05) is 23.3 Å². The highest BCUT2D eigenvalue weighted by atomic mass is 19.1. The van der Waals surface area contributed by atoms with Crippen LogP contribution in [0.1, 0.15) is 37.8 Å². The summed E-state index contributed by atoms with van der Waals surface area (Å²) in [6.45, 7) is 3.70. The van der Waals surface area contributed by atoms with Crippen LogP contribution in [0.25, 0.3) is 0 Å². The number of hydrogen-bond donors (Lipinski definition) is 2. The SMILES string of the molecule is CC(NC(=O)Nc1cccc(N2CCCCC2)c1)c1ccc(F)cc1F. The summed E-state index contributed by atoms with van der Waals surface area (Å²) in [5.74, 6) is -1.32. The van der Waals surface area contributed by atoms with Crippen LogP contribution >= 0.6 is 0 Å². The third-order valence-electron chi connectivity index (χ3n) is 4.60. The molecule has 1 heterocycles. The first-order chi connectivity index (χ1) is 12.5. The summed E-state index contributed by atoms with van der Waals surface area (Å²) in [5, 5.41) is 5.46. The monoisotopic (exact) mass is 359 g/mol. The number of benzene rings is 2. The Bertz CT molecular complexity index is 775. The van der Waals surface area contributed by atoms with Crippen LogP contribution in [0.3, 0.4) is 0 Å². The van der Waals surface area contributed by atoms with Crippen molar-refractivity contribution in [2.24, 2.45) is 0 Å². The smallest absolute Gasteiger partial charge is 0.319 e. The number of carbonyl (C=O) groups is 1. The topological polar surface area (TPSA) is 44.4 Å². The molecule has 0 spiro atoms. The Labute approximate surface area is 152 Å². The van der Waals surface area contributed by atoms with Gasteiger partial charge in [0, 0.05) is 36.1 Å². The van der Waals surface area contributed by atoms with E-state index in [9.17, 15) is 13.6 Å². The first-order valence-corrected chi connectivity index (χ1v) is 8.90. The minimum Gasteiger partial charge on any atom is -0.371 e. The molecule has 26 heavy (non-hydrogen) atoms. The Morgan fingerprint density at radius 3 is 2.58 bits per heavy atom. The van der Waals surface area contributed by atoms with Gasteiger partial charge in [0.2, 0.25) is 0 Å². The van der Waals surface area contributed by atoms with Gasteiger partial charge >= 0.3 is 6.03 Å². The molecule has 0 bridgehead atoms. The van der Waals surface area contributed by atoms with E-state index in [1.807, 2.05) is 24.3 Å². The molecule has 1 saturated heterocycles. The molecule has 1 fully saturated rings. The van der Waals surface area contributed by atoms with Crippen LogP contribution in [-0.4, -0.2) is 19.1 Å². The van der Waals surface area contributed by atoms with E-state index in [1.165, 1.54) is 31.4 Å². The molecule has 6 heteroatoms. The molecule has 3 rings (SSSR count). The third-order valence-corrected chi connectivity index (χ3v) is 4.60. The predicted molar refractivity (Wildman–Crippen MR) is 99.4 cm³/mol. The van der Waals surface area contributed by atoms with E-state index < -0.39 is 23.7 Å². The number of nitrogens with zero attached hydrogens (tertiary/aromatic N) is 1.